The quantitative estimate of drug-likeness (QED) is 0.661. The molecule has 1 N–H and O–H groups in total. The lowest BCUT2D eigenvalue weighted by Crippen LogP contribution is -2.40. The standard InChI is InChI=1S/C13H26N2O3/c1-6-18-12(17)8-7-11(16)14-9-13(2,3)10-15(4)5/h6-10H2,1-5H3,(H,14,16). The van der Waals surface area contributed by atoms with Gasteiger partial charge in [-0.15, -0.1) is 0 Å². The number of carbonyl (C=O) groups is 2. The zero-order chi connectivity index (χ0) is 14.2. The summed E-state index contributed by atoms with van der Waals surface area (Å²) in [5.74, 6) is -0.421. The van der Waals surface area contributed by atoms with Gasteiger partial charge in [-0.1, -0.05) is 13.8 Å². The van der Waals surface area contributed by atoms with E-state index in [1.165, 1.54) is 0 Å². The summed E-state index contributed by atoms with van der Waals surface area (Å²) in [7, 11) is 4.01. The third kappa shape index (κ3) is 8.98. The van der Waals surface area contributed by atoms with Crippen molar-refractivity contribution in [3.63, 3.8) is 0 Å². The van der Waals surface area contributed by atoms with E-state index >= 15 is 0 Å². The predicted octanol–water partition coefficient (Wildman–Crippen LogP) is 1.03. The number of ether oxygens (including phenoxy) is 1. The van der Waals surface area contributed by atoms with Crippen LogP contribution in [-0.2, 0) is 14.3 Å². The number of nitrogens with one attached hydrogen (secondary N) is 1. The summed E-state index contributed by atoms with van der Waals surface area (Å²) in [6.07, 6.45) is 0.338. The van der Waals surface area contributed by atoms with Gasteiger partial charge in [0, 0.05) is 19.5 Å². The molecular formula is C13H26N2O3. The third-order valence-electron chi connectivity index (χ3n) is 2.37. The summed E-state index contributed by atoms with van der Waals surface area (Å²) >= 11 is 0. The predicted molar refractivity (Wildman–Crippen MR) is 71.2 cm³/mol. The van der Waals surface area contributed by atoms with Crippen LogP contribution in [0, 0.1) is 5.41 Å². The molecule has 0 aliphatic heterocycles. The van der Waals surface area contributed by atoms with E-state index in [9.17, 15) is 9.59 Å². The summed E-state index contributed by atoms with van der Waals surface area (Å²) < 4.78 is 4.76. The van der Waals surface area contributed by atoms with E-state index in [4.69, 9.17) is 4.74 Å². The van der Waals surface area contributed by atoms with Gasteiger partial charge in [0.2, 0.25) is 5.91 Å². The molecule has 1 amide bonds. The first-order valence-corrected chi connectivity index (χ1v) is 6.34. The minimum atomic E-state index is -0.319. The first kappa shape index (κ1) is 16.9. The second-order valence-corrected chi connectivity index (χ2v) is 5.48. The molecule has 0 aromatic rings. The highest BCUT2D eigenvalue weighted by Gasteiger charge is 2.19. The number of hydrogen-bond acceptors (Lipinski definition) is 4. The van der Waals surface area contributed by atoms with Crippen LogP contribution in [0.1, 0.15) is 33.6 Å². The molecule has 0 rings (SSSR count). The van der Waals surface area contributed by atoms with E-state index in [-0.39, 0.29) is 30.1 Å². The SMILES string of the molecule is CCOC(=O)CCC(=O)NCC(C)(C)CN(C)C. The normalized spacial score (nSPS) is 11.4. The number of carbonyl (C=O) groups excluding carboxylic acids is 2. The van der Waals surface area contributed by atoms with Crippen LogP contribution in [0.15, 0.2) is 0 Å². The molecule has 5 heteroatoms. The van der Waals surface area contributed by atoms with Crippen molar-refractivity contribution in [3.8, 4) is 0 Å². The zero-order valence-electron chi connectivity index (χ0n) is 12.2. The summed E-state index contributed by atoms with van der Waals surface area (Å²) in [5, 5.41) is 2.85. The van der Waals surface area contributed by atoms with Gasteiger partial charge in [0.25, 0.3) is 0 Å². The van der Waals surface area contributed by atoms with E-state index in [1.807, 2.05) is 14.1 Å². The Balaban J connectivity index is 3.86. The lowest BCUT2D eigenvalue weighted by Gasteiger charge is -2.28. The van der Waals surface area contributed by atoms with Crippen LogP contribution in [-0.4, -0.2) is 50.6 Å². The van der Waals surface area contributed by atoms with Gasteiger partial charge in [-0.05, 0) is 26.4 Å². The molecule has 0 bridgehead atoms. The van der Waals surface area contributed by atoms with Crippen LogP contribution in [0.2, 0.25) is 0 Å². The first-order chi connectivity index (χ1) is 8.26. The Hall–Kier alpha value is -1.10. The molecule has 0 radical (unpaired) electrons. The van der Waals surface area contributed by atoms with Gasteiger partial charge in [0.05, 0.1) is 13.0 Å². The summed E-state index contributed by atoms with van der Waals surface area (Å²) in [6.45, 7) is 7.80. The maximum Gasteiger partial charge on any atom is 0.306 e. The molecule has 0 heterocycles. The van der Waals surface area contributed by atoms with Gasteiger partial charge >= 0.3 is 5.97 Å². The van der Waals surface area contributed by atoms with E-state index in [0.717, 1.165) is 6.54 Å². The van der Waals surface area contributed by atoms with Crippen molar-refractivity contribution in [2.75, 3.05) is 33.8 Å². The Morgan fingerprint density at radius 1 is 1.22 bits per heavy atom. The maximum absolute atomic E-state index is 11.6. The van der Waals surface area contributed by atoms with E-state index in [2.05, 4.69) is 24.1 Å². The molecule has 0 saturated heterocycles. The molecule has 0 atom stereocenters. The first-order valence-electron chi connectivity index (χ1n) is 6.34. The van der Waals surface area contributed by atoms with Crippen LogP contribution >= 0.6 is 0 Å². The average Bonchev–Trinajstić information content (AvgIpc) is 2.22. The average molecular weight is 258 g/mol. The highest BCUT2D eigenvalue weighted by molar-refractivity contribution is 5.81. The van der Waals surface area contributed by atoms with Gasteiger partial charge < -0.3 is 15.0 Å². The molecule has 0 aromatic carbocycles. The molecule has 0 aliphatic rings. The van der Waals surface area contributed by atoms with Crippen LogP contribution in [0.3, 0.4) is 0 Å². The Morgan fingerprint density at radius 3 is 2.33 bits per heavy atom. The Labute approximate surface area is 110 Å². The number of esters is 1. The lowest BCUT2D eigenvalue weighted by atomic mass is 9.93. The fourth-order valence-electron chi connectivity index (χ4n) is 1.79. The highest BCUT2D eigenvalue weighted by Crippen LogP contribution is 2.14. The Kier molecular flexibility index (Phi) is 7.59. The highest BCUT2D eigenvalue weighted by atomic mass is 16.5. The van der Waals surface area contributed by atoms with Crippen LogP contribution in [0.4, 0.5) is 0 Å². The lowest BCUT2D eigenvalue weighted by molar-refractivity contribution is -0.144. The van der Waals surface area contributed by atoms with Crippen molar-refractivity contribution >= 4 is 11.9 Å². The summed E-state index contributed by atoms with van der Waals surface area (Å²) in [6, 6.07) is 0. The smallest absolute Gasteiger partial charge is 0.306 e. The van der Waals surface area contributed by atoms with Gasteiger partial charge in [-0.25, -0.2) is 0 Å². The molecule has 0 aromatic heterocycles. The number of hydrogen-bond donors (Lipinski definition) is 1. The van der Waals surface area contributed by atoms with Gasteiger partial charge in [-0.2, -0.15) is 0 Å². The molecule has 5 nitrogen and oxygen atoms in total. The minimum absolute atomic E-state index is 0.0170. The topological polar surface area (TPSA) is 58.6 Å². The van der Waals surface area contributed by atoms with Crippen LogP contribution < -0.4 is 5.32 Å². The van der Waals surface area contributed by atoms with Gasteiger partial charge in [-0.3, -0.25) is 9.59 Å². The molecule has 0 unspecified atom stereocenters. The molecule has 0 aliphatic carbocycles. The van der Waals surface area contributed by atoms with Gasteiger partial charge in [0.15, 0.2) is 0 Å². The van der Waals surface area contributed by atoms with E-state index < -0.39 is 0 Å². The van der Waals surface area contributed by atoms with Crippen molar-refractivity contribution in [1.29, 1.82) is 0 Å². The van der Waals surface area contributed by atoms with Gasteiger partial charge in [0.1, 0.15) is 0 Å². The van der Waals surface area contributed by atoms with E-state index in [1.54, 1.807) is 6.92 Å². The number of amides is 1. The monoisotopic (exact) mass is 258 g/mol. The second-order valence-electron chi connectivity index (χ2n) is 5.48. The van der Waals surface area contributed by atoms with Crippen molar-refractivity contribution in [1.82, 2.24) is 10.2 Å². The zero-order valence-corrected chi connectivity index (χ0v) is 12.2. The number of nitrogens with zero attached hydrogens (tertiary/aromatic N) is 1. The summed E-state index contributed by atoms with van der Waals surface area (Å²) in [5.41, 5.74) is 0.0170. The van der Waals surface area contributed by atoms with Crippen molar-refractivity contribution in [2.45, 2.75) is 33.6 Å². The fourth-order valence-corrected chi connectivity index (χ4v) is 1.79. The van der Waals surface area contributed by atoms with Crippen molar-refractivity contribution in [2.24, 2.45) is 5.41 Å². The van der Waals surface area contributed by atoms with Crippen LogP contribution in [0.25, 0.3) is 0 Å². The van der Waals surface area contributed by atoms with Crippen molar-refractivity contribution < 1.29 is 14.3 Å². The molecule has 0 fully saturated rings. The molecular weight excluding hydrogens is 232 g/mol. The second kappa shape index (κ2) is 8.08. The maximum atomic E-state index is 11.6. The fraction of sp³-hybridized carbons (Fsp3) is 0.846. The summed E-state index contributed by atoms with van der Waals surface area (Å²) in [4.78, 5) is 24.7. The van der Waals surface area contributed by atoms with Crippen LogP contribution in [0.5, 0.6) is 0 Å². The number of rotatable bonds is 8. The minimum Gasteiger partial charge on any atom is -0.466 e. The Bertz CT molecular complexity index is 275. The molecule has 0 saturated carbocycles. The molecule has 106 valence electrons. The van der Waals surface area contributed by atoms with Crippen molar-refractivity contribution in [3.05, 3.63) is 0 Å². The molecule has 18 heavy (non-hydrogen) atoms. The Morgan fingerprint density at radius 2 is 1.83 bits per heavy atom. The largest absolute Gasteiger partial charge is 0.466 e. The van der Waals surface area contributed by atoms with E-state index in [0.29, 0.717) is 13.2 Å². The third-order valence-corrected chi connectivity index (χ3v) is 2.37. The molecule has 0 spiro atoms.